The first kappa shape index (κ1) is 17.4. The van der Waals surface area contributed by atoms with Crippen molar-refractivity contribution in [3.05, 3.63) is 0 Å². The molecule has 0 aliphatic carbocycles. The maximum atomic E-state index is 2.50. The predicted octanol–water partition coefficient (Wildman–Crippen LogP) is 6.29. The van der Waals surface area contributed by atoms with Gasteiger partial charge in [0.25, 0.3) is 0 Å². The van der Waals surface area contributed by atoms with E-state index >= 15 is 0 Å². The van der Waals surface area contributed by atoms with Crippen LogP contribution >= 0.6 is 11.8 Å². The molecule has 0 bridgehead atoms. The molecule has 0 radical (unpaired) electrons. The lowest BCUT2D eigenvalue weighted by molar-refractivity contribution is 0.488. The highest BCUT2D eigenvalue weighted by Gasteiger charge is 2.23. The molecule has 0 aliphatic heterocycles. The summed E-state index contributed by atoms with van der Waals surface area (Å²) in [4.78, 5) is 0. The summed E-state index contributed by atoms with van der Waals surface area (Å²) >= 11 is 2.24. The summed E-state index contributed by atoms with van der Waals surface area (Å²) < 4.78 is 0.556. The van der Waals surface area contributed by atoms with Crippen LogP contribution in [0.3, 0.4) is 0 Å². The second-order valence-corrected chi connectivity index (χ2v) is 7.72. The Morgan fingerprint density at radius 2 is 1.53 bits per heavy atom. The summed E-state index contributed by atoms with van der Waals surface area (Å²) in [5, 5.41) is 0. The lowest BCUT2D eigenvalue weighted by Crippen LogP contribution is -2.21. The van der Waals surface area contributed by atoms with E-state index in [4.69, 9.17) is 0 Å². The quantitative estimate of drug-likeness (QED) is 0.392. The third-order valence-electron chi connectivity index (χ3n) is 3.51. The molecule has 0 saturated heterocycles. The van der Waals surface area contributed by atoms with Gasteiger partial charge in [0.2, 0.25) is 0 Å². The zero-order chi connectivity index (χ0) is 13.1. The molecule has 104 valence electrons. The van der Waals surface area contributed by atoms with E-state index < -0.39 is 0 Å². The Labute approximate surface area is 114 Å². The number of hydrogen-bond acceptors (Lipinski definition) is 1. The average molecular weight is 259 g/mol. The van der Waals surface area contributed by atoms with Crippen LogP contribution in [-0.2, 0) is 0 Å². The molecular weight excluding hydrogens is 224 g/mol. The Bertz CT molecular complexity index is 165. The third kappa shape index (κ3) is 10.00. The Kier molecular flexibility index (Phi) is 10.5. The zero-order valence-electron chi connectivity index (χ0n) is 12.8. The van der Waals surface area contributed by atoms with Crippen molar-refractivity contribution in [1.82, 2.24) is 0 Å². The molecule has 0 fully saturated rings. The van der Waals surface area contributed by atoms with Crippen LogP contribution in [-0.4, -0.2) is 10.5 Å². The first-order valence-corrected chi connectivity index (χ1v) is 8.66. The van der Waals surface area contributed by atoms with E-state index in [1.165, 1.54) is 57.1 Å². The van der Waals surface area contributed by atoms with E-state index in [9.17, 15) is 0 Å². The maximum absolute atomic E-state index is 2.50. The largest absolute Gasteiger partial charge is 0.155 e. The highest BCUT2D eigenvalue weighted by molar-refractivity contribution is 8.00. The van der Waals surface area contributed by atoms with Crippen LogP contribution in [0.15, 0.2) is 0 Å². The molecule has 0 amide bonds. The van der Waals surface area contributed by atoms with Gasteiger partial charge in [-0.3, -0.25) is 0 Å². The van der Waals surface area contributed by atoms with Gasteiger partial charge in [-0.25, -0.2) is 0 Å². The van der Waals surface area contributed by atoms with Crippen molar-refractivity contribution in [2.45, 2.75) is 90.7 Å². The summed E-state index contributed by atoms with van der Waals surface area (Å²) in [5.41, 5.74) is 0. The van der Waals surface area contributed by atoms with Gasteiger partial charge >= 0.3 is 0 Å². The molecule has 0 heterocycles. The monoisotopic (exact) mass is 258 g/mol. The van der Waals surface area contributed by atoms with Gasteiger partial charge in [-0.1, -0.05) is 66.7 Å². The minimum absolute atomic E-state index is 0.556. The molecule has 1 atom stereocenters. The summed E-state index contributed by atoms with van der Waals surface area (Å²) in [6, 6.07) is 0. The van der Waals surface area contributed by atoms with Crippen LogP contribution in [0.4, 0.5) is 0 Å². The van der Waals surface area contributed by atoms with Gasteiger partial charge in [0, 0.05) is 4.75 Å². The van der Waals surface area contributed by atoms with Crippen molar-refractivity contribution in [2.24, 2.45) is 5.92 Å². The standard InChI is InChI=1S/C16H34S/c1-6-8-10-13-16(5,12-9-7-2)17-14-11-15(3)4/h15H,6-14H2,1-5H3. The molecule has 0 aromatic heterocycles. The first-order chi connectivity index (χ1) is 8.04. The topological polar surface area (TPSA) is 0 Å². The molecule has 0 rings (SSSR count). The van der Waals surface area contributed by atoms with Gasteiger partial charge in [-0.15, -0.1) is 0 Å². The lowest BCUT2D eigenvalue weighted by Gasteiger charge is -2.29. The molecule has 0 nitrogen and oxygen atoms in total. The van der Waals surface area contributed by atoms with Gasteiger partial charge in [-0.2, -0.15) is 11.8 Å². The molecule has 0 aromatic rings. The van der Waals surface area contributed by atoms with Crippen LogP contribution in [0.25, 0.3) is 0 Å². The van der Waals surface area contributed by atoms with Crippen molar-refractivity contribution in [3.63, 3.8) is 0 Å². The summed E-state index contributed by atoms with van der Waals surface area (Å²) in [6.45, 7) is 11.8. The molecule has 0 saturated carbocycles. The third-order valence-corrected chi connectivity index (χ3v) is 5.06. The van der Waals surface area contributed by atoms with Crippen LogP contribution in [0, 0.1) is 5.92 Å². The zero-order valence-corrected chi connectivity index (χ0v) is 13.7. The summed E-state index contributed by atoms with van der Waals surface area (Å²) in [5.74, 6) is 2.21. The van der Waals surface area contributed by atoms with E-state index in [0.29, 0.717) is 4.75 Å². The molecule has 1 unspecified atom stereocenters. The second kappa shape index (κ2) is 10.3. The molecule has 0 aromatic carbocycles. The Hall–Kier alpha value is 0.350. The molecular formula is C16H34S. The Morgan fingerprint density at radius 1 is 0.941 bits per heavy atom. The van der Waals surface area contributed by atoms with E-state index in [-0.39, 0.29) is 0 Å². The van der Waals surface area contributed by atoms with Gasteiger partial charge in [-0.05, 0) is 30.9 Å². The highest BCUT2D eigenvalue weighted by Crippen LogP contribution is 2.36. The summed E-state index contributed by atoms with van der Waals surface area (Å²) in [6.07, 6.45) is 11.1. The van der Waals surface area contributed by atoms with Crippen LogP contribution < -0.4 is 0 Å². The number of hydrogen-bond donors (Lipinski definition) is 0. The fraction of sp³-hybridized carbons (Fsp3) is 1.00. The lowest BCUT2D eigenvalue weighted by atomic mass is 9.96. The Balaban J connectivity index is 3.99. The number of rotatable bonds is 11. The Morgan fingerprint density at radius 3 is 2.06 bits per heavy atom. The van der Waals surface area contributed by atoms with Crippen molar-refractivity contribution < 1.29 is 0 Å². The van der Waals surface area contributed by atoms with Gasteiger partial charge in [0.1, 0.15) is 0 Å². The fourth-order valence-electron chi connectivity index (χ4n) is 2.11. The van der Waals surface area contributed by atoms with Crippen molar-refractivity contribution in [1.29, 1.82) is 0 Å². The predicted molar refractivity (Wildman–Crippen MR) is 84.0 cm³/mol. The fourth-order valence-corrected chi connectivity index (χ4v) is 3.77. The summed E-state index contributed by atoms with van der Waals surface area (Å²) in [7, 11) is 0. The smallest absolute Gasteiger partial charge is 0.0131 e. The SMILES string of the molecule is CCCCCC(C)(CCCC)SCCC(C)C. The molecule has 0 N–H and O–H groups in total. The molecule has 17 heavy (non-hydrogen) atoms. The molecule has 1 heteroatoms. The van der Waals surface area contributed by atoms with Gasteiger partial charge < -0.3 is 0 Å². The maximum Gasteiger partial charge on any atom is 0.0131 e. The van der Waals surface area contributed by atoms with E-state index in [1.54, 1.807) is 0 Å². The van der Waals surface area contributed by atoms with Gasteiger partial charge in [0.05, 0.1) is 0 Å². The van der Waals surface area contributed by atoms with Crippen molar-refractivity contribution in [2.75, 3.05) is 5.75 Å². The highest BCUT2D eigenvalue weighted by atomic mass is 32.2. The normalized spacial score (nSPS) is 15.2. The molecule has 0 spiro atoms. The number of thioether (sulfide) groups is 1. The average Bonchev–Trinajstić information content (AvgIpc) is 2.26. The van der Waals surface area contributed by atoms with Crippen LogP contribution in [0.2, 0.25) is 0 Å². The van der Waals surface area contributed by atoms with E-state index in [0.717, 1.165) is 5.92 Å². The first-order valence-electron chi connectivity index (χ1n) is 7.68. The molecule has 0 aliphatic rings. The van der Waals surface area contributed by atoms with Crippen LogP contribution in [0.1, 0.15) is 86.0 Å². The van der Waals surface area contributed by atoms with Gasteiger partial charge in [0.15, 0.2) is 0 Å². The van der Waals surface area contributed by atoms with E-state index in [1.807, 2.05) is 0 Å². The van der Waals surface area contributed by atoms with Crippen molar-refractivity contribution >= 4 is 11.8 Å². The second-order valence-electron chi connectivity index (χ2n) is 6.04. The van der Waals surface area contributed by atoms with Crippen molar-refractivity contribution in [3.8, 4) is 0 Å². The number of unbranched alkanes of at least 4 members (excludes halogenated alkanes) is 3. The van der Waals surface area contributed by atoms with E-state index in [2.05, 4.69) is 46.4 Å². The minimum Gasteiger partial charge on any atom is -0.155 e. The van der Waals surface area contributed by atoms with Crippen LogP contribution in [0.5, 0.6) is 0 Å². The minimum atomic E-state index is 0.556.